The van der Waals surface area contributed by atoms with Gasteiger partial charge in [0, 0.05) is 12.3 Å². The third-order valence-corrected chi connectivity index (χ3v) is 4.15. The maximum atomic E-state index is 4.59. The first-order valence-electron chi connectivity index (χ1n) is 6.67. The highest BCUT2D eigenvalue weighted by molar-refractivity contribution is 8.14. The molecule has 1 aromatic heterocycles. The zero-order chi connectivity index (χ0) is 14.0. The molecular formula is C13H23N5S. The summed E-state index contributed by atoms with van der Waals surface area (Å²) < 4.78 is 1.94. The van der Waals surface area contributed by atoms with Gasteiger partial charge < -0.3 is 9.88 Å². The van der Waals surface area contributed by atoms with Crippen LogP contribution in [0, 0.1) is 5.41 Å². The van der Waals surface area contributed by atoms with Crippen molar-refractivity contribution in [2.75, 3.05) is 6.54 Å². The molecule has 1 aromatic rings. The summed E-state index contributed by atoms with van der Waals surface area (Å²) >= 11 is 1.85. The molecule has 0 saturated heterocycles. The van der Waals surface area contributed by atoms with Gasteiger partial charge >= 0.3 is 0 Å². The number of aliphatic imine (C=N–C) groups is 1. The topological polar surface area (TPSA) is 55.1 Å². The van der Waals surface area contributed by atoms with Gasteiger partial charge in [-0.15, -0.1) is 10.2 Å². The van der Waals surface area contributed by atoms with Gasteiger partial charge in [0.05, 0.1) is 12.6 Å². The van der Waals surface area contributed by atoms with Crippen molar-refractivity contribution in [3.05, 3.63) is 12.2 Å². The SMILES string of the molecule is CC(NC1=NCC(CC(C)(C)C)S1)c1nncn1C. The Bertz CT molecular complexity index is 460. The highest BCUT2D eigenvalue weighted by Crippen LogP contribution is 2.32. The number of amidine groups is 1. The van der Waals surface area contributed by atoms with Crippen LogP contribution in [-0.2, 0) is 7.05 Å². The van der Waals surface area contributed by atoms with Crippen LogP contribution in [0.25, 0.3) is 0 Å². The highest BCUT2D eigenvalue weighted by atomic mass is 32.2. The lowest BCUT2D eigenvalue weighted by Crippen LogP contribution is -2.26. The zero-order valence-electron chi connectivity index (χ0n) is 12.3. The number of nitrogens with one attached hydrogen (secondary N) is 1. The van der Waals surface area contributed by atoms with E-state index in [1.165, 1.54) is 6.42 Å². The van der Waals surface area contributed by atoms with Crippen molar-refractivity contribution in [1.82, 2.24) is 20.1 Å². The number of hydrogen-bond donors (Lipinski definition) is 1. The molecule has 0 aliphatic carbocycles. The molecule has 0 spiro atoms. The van der Waals surface area contributed by atoms with Crippen molar-refractivity contribution in [2.24, 2.45) is 17.5 Å². The summed E-state index contributed by atoms with van der Waals surface area (Å²) in [5, 5.41) is 13.1. The maximum Gasteiger partial charge on any atom is 0.157 e. The van der Waals surface area contributed by atoms with Crippen LogP contribution >= 0.6 is 11.8 Å². The molecule has 0 radical (unpaired) electrons. The Morgan fingerprint density at radius 2 is 2.26 bits per heavy atom. The van der Waals surface area contributed by atoms with Gasteiger partial charge in [0.1, 0.15) is 6.33 Å². The van der Waals surface area contributed by atoms with E-state index in [2.05, 4.69) is 48.2 Å². The lowest BCUT2D eigenvalue weighted by Gasteiger charge is -2.22. The predicted octanol–water partition coefficient (Wildman–Crippen LogP) is 2.37. The van der Waals surface area contributed by atoms with Crippen LogP contribution in [0.3, 0.4) is 0 Å². The summed E-state index contributed by atoms with van der Waals surface area (Å²) in [5.41, 5.74) is 0.359. The fourth-order valence-corrected chi connectivity index (χ4v) is 3.66. The summed E-state index contributed by atoms with van der Waals surface area (Å²) in [6.07, 6.45) is 2.91. The molecule has 5 nitrogen and oxygen atoms in total. The van der Waals surface area contributed by atoms with E-state index in [0.717, 1.165) is 17.5 Å². The monoisotopic (exact) mass is 281 g/mol. The second kappa shape index (κ2) is 5.53. The molecule has 0 saturated carbocycles. The molecule has 106 valence electrons. The minimum atomic E-state index is 0.132. The average Bonchev–Trinajstić information content (AvgIpc) is 2.85. The summed E-state index contributed by atoms with van der Waals surface area (Å²) in [5.74, 6) is 0.933. The Labute approximate surface area is 119 Å². The van der Waals surface area contributed by atoms with Crippen molar-refractivity contribution in [3.8, 4) is 0 Å². The molecule has 1 aliphatic heterocycles. The summed E-state index contributed by atoms with van der Waals surface area (Å²) in [7, 11) is 1.96. The molecule has 2 atom stereocenters. The first kappa shape index (κ1) is 14.4. The van der Waals surface area contributed by atoms with Crippen molar-refractivity contribution in [3.63, 3.8) is 0 Å². The molecule has 2 heterocycles. The minimum Gasteiger partial charge on any atom is -0.355 e. The Morgan fingerprint density at radius 3 is 2.84 bits per heavy atom. The van der Waals surface area contributed by atoms with E-state index in [1.54, 1.807) is 6.33 Å². The van der Waals surface area contributed by atoms with Crippen LogP contribution in [0.4, 0.5) is 0 Å². The fourth-order valence-electron chi connectivity index (χ4n) is 2.22. The predicted molar refractivity (Wildman–Crippen MR) is 80.3 cm³/mol. The Morgan fingerprint density at radius 1 is 1.53 bits per heavy atom. The molecule has 2 unspecified atom stereocenters. The smallest absolute Gasteiger partial charge is 0.157 e. The molecule has 0 amide bonds. The second-order valence-corrected chi connectivity index (χ2v) is 7.61. The molecule has 2 rings (SSSR count). The van der Waals surface area contributed by atoms with E-state index in [4.69, 9.17) is 0 Å². The molecule has 0 bridgehead atoms. The van der Waals surface area contributed by atoms with Crippen LogP contribution in [0.5, 0.6) is 0 Å². The molecule has 1 N–H and O–H groups in total. The first-order chi connectivity index (χ1) is 8.85. The second-order valence-electron chi connectivity index (χ2n) is 6.32. The van der Waals surface area contributed by atoms with E-state index in [-0.39, 0.29) is 6.04 Å². The Kier molecular flexibility index (Phi) is 4.18. The Hall–Kier alpha value is -1.04. The quantitative estimate of drug-likeness (QED) is 0.924. The maximum absolute atomic E-state index is 4.59. The van der Waals surface area contributed by atoms with Gasteiger partial charge in [0.2, 0.25) is 0 Å². The van der Waals surface area contributed by atoms with Crippen molar-refractivity contribution in [2.45, 2.75) is 45.4 Å². The molecule has 0 fully saturated rings. The normalized spacial score (nSPS) is 21.3. The number of rotatable bonds is 3. The molecule has 6 heteroatoms. The van der Waals surface area contributed by atoms with Gasteiger partial charge in [-0.2, -0.15) is 0 Å². The molecular weight excluding hydrogens is 258 g/mol. The largest absolute Gasteiger partial charge is 0.355 e. The van der Waals surface area contributed by atoms with E-state index < -0.39 is 0 Å². The van der Waals surface area contributed by atoms with Gasteiger partial charge in [0.15, 0.2) is 11.0 Å². The van der Waals surface area contributed by atoms with Crippen molar-refractivity contribution in [1.29, 1.82) is 0 Å². The van der Waals surface area contributed by atoms with Crippen LogP contribution in [0.15, 0.2) is 11.3 Å². The summed E-state index contributed by atoms with van der Waals surface area (Å²) in [6, 6.07) is 0.132. The van der Waals surface area contributed by atoms with E-state index in [0.29, 0.717) is 10.7 Å². The van der Waals surface area contributed by atoms with Gasteiger partial charge in [-0.3, -0.25) is 4.99 Å². The van der Waals surface area contributed by atoms with E-state index >= 15 is 0 Å². The lowest BCUT2D eigenvalue weighted by molar-refractivity contribution is 0.375. The molecule has 19 heavy (non-hydrogen) atoms. The van der Waals surface area contributed by atoms with Crippen LogP contribution < -0.4 is 5.32 Å². The third kappa shape index (κ3) is 3.96. The average molecular weight is 281 g/mol. The molecule has 0 aromatic carbocycles. The van der Waals surface area contributed by atoms with Gasteiger partial charge in [-0.1, -0.05) is 32.5 Å². The van der Waals surface area contributed by atoms with Crippen LogP contribution in [-0.4, -0.2) is 31.7 Å². The van der Waals surface area contributed by atoms with Gasteiger partial charge in [0.25, 0.3) is 0 Å². The fraction of sp³-hybridized carbons (Fsp3) is 0.769. The summed E-state index contributed by atoms with van der Waals surface area (Å²) in [6.45, 7) is 9.84. The van der Waals surface area contributed by atoms with Crippen LogP contribution in [0.2, 0.25) is 0 Å². The van der Waals surface area contributed by atoms with Gasteiger partial charge in [-0.05, 0) is 18.8 Å². The van der Waals surface area contributed by atoms with Gasteiger partial charge in [-0.25, -0.2) is 0 Å². The first-order valence-corrected chi connectivity index (χ1v) is 7.54. The van der Waals surface area contributed by atoms with Crippen molar-refractivity contribution < 1.29 is 0 Å². The molecule has 1 aliphatic rings. The van der Waals surface area contributed by atoms with Crippen molar-refractivity contribution >= 4 is 16.9 Å². The number of aryl methyl sites for hydroxylation is 1. The van der Waals surface area contributed by atoms with Crippen LogP contribution in [0.1, 0.15) is 46.0 Å². The standard InChI is InChI=1S/C13H23N5S/c1-9(11-17-15-8-18(11)5)16-12-14-7-10(19-12)6-13(2,3)4/h8-10H,6-7H2,1-5H3,(H,14,16). The lowest BCUT2D eigenvalue weighted by atomic mass is 9.90. The number of nitrogens with zero attached hydrogens (tertiary/aromatic N) is 4. The Balaban J connectivity index is 1.87. The third-order valence-electron chi connectivity index (χ3n) is 3.03. The summed E-state index contributed by atoms with van der Waals surface area (Å²) in [4.78, 5) is 4.59. The van der Waals surface area contributed by atoms with E-state index in [9.17, 15) is 0 Å². The van der Waals surface area contributed by atoms with E-state index in [1.807, 2.05) is 23.4 Å². The minimum absolute atomic E-state index is 0.132. The number of thioether (sulfide) groups is 1. The highest BCUT2D eigenvalue weighted by Gasteiger charge is 2.26. The number of hydrogen-bond acceptors (Lipinski definition) is 5. The zero-order valence-corrected chi connectivity index (χ0v) is 13.2. The number of aromatic nitrogens is 3.